The Hall–Kier alpha value is -2.08. The van der Waals surface area contributed by atoms with Crippen LogP contribution in [0.4, 0.5) is 0 Å². The van der Waals surface area contributed by atoms with Crippen molar-refractivity contribution in [2.75, 3.05) is 39.5 Å². The van der Waals surface area contributed by atoms with E-state index in [1.807, 2.05) is 48.5 Å². The van der Waals surface area contributed by atoms with Gasteiger partial charge in [-0.05, 0) is 35.2 Å². The van der Waals surface area contributed by atoms with Crippen molar-refractivity contribution in [2.45, 2.75) is 25.8 Å². The fourth-order valence-corrected chi connectivity index (χ4v) is 3.69. The molecule has 2 aromatic rings. The minimum Gasteiger partial charge on any atom is -0.484 e. The maximum Gasteiger partial charge on any atom is 0.258 e. The second-order valence-corrected chi connectivity index (χ2v) is 7.91. The van der Waals surface area contributed by atoms with Crippen molar-refractivity contribution in [2.24, 2.45) is 0 Å². The lowest BCUT2D eigenvalue weighted by atomic mass is 10.0. The first kappa shape index (κ1) is 21.6. The minimum atomic E-state index is -0.150. The monoisotopic (exact) mass is 416 g/mol. The standard InChI is InChI=1S/C23H29ClN2O3/c1-17(2)18-7-9-19(10-8-18)29-16-23(27)25-15-22(26-11-13-28-14-12-26)20-5-3-4-6-21(20)24/h3-10,17,22H,11-16H2,1-2H3,(H,25,27)/t22-/m0/s1. The molecule has 1 N–H and O–H groups in total. The highest BCUT2D eigenvalue weighted by atomic mass is 35.5. The van der Waals surface area contributed by atoms with Crippen molar-refractivity contribution >= 4 is 17.5 Å². The Labute approximate surface area is 177 Å². The van der Waals surface area contributed by atoms with Crippen LogP contribution in [0.15, 0.2) is 48.5 Å². The third-order valence-electron chi connectivity index (χ3n) is 5.16. The number of carbonyl (C=O) groups excluding carboxylic acids is 1. The van der Waals surface area contributed by atoms with Crippen LogP contribution in [0.1, 0.15) is 36.9 Å². The van der Waals surface area contributed by atoms with Crippen molar-refractivity contribution in [1.82, 2.24) is 10.2 Å². The van der Waals surface area contributed by atoms with Gasteiger partial charge in [-0.1, -0.05) is 55.8 Å². The minimum absolute atomic E-state index is 0.00174. The van der Waals surface area contributed by atoms with E-state index in [4.69, 9.17) is 21.1 Å². The van der Waals surface area contributed by atoms with Gasteiger partial charge in [0.05, 0.1) is 19.3 Å². The van der Waals surface area contributed by atoms with E-state index in [1.165, 1.54) is 5.56 Å². The average Bonchev–Trinajstić information content (AvgIpc) is 2.74. The van der Waals surface area contributed by atoms with Crippen molar-refractivity contribution in [1.29, 1.82) is 0 Å². The van der Waals surface area contributed by atoms with Crippen LogP contribution < -0.4 is 10.1 Å². The summed E-state index contributed by atoms with van der Waals surface area (Å²) < 4.78 is 11.1. The van der Waals surface area contributed by atoms with Gasteiger partial charge in [0, 0.05) is 24.7 Å². The van der Waals surface area contributed by atoms with Crippen molar-refractivity contribution in [3.8, 4) is 5.75 Å². The van der Waals surface area contributed by atoms with Crippen molar-refractivity contribution in [3.63, 3.8) is 0 Å². The van der Waals surface area contributed by atoms with Crippen LogP contribution in [0.2, 0.25) is 5.02 Å². The summed E-state index contributed by atoms with van der Waals surface area (Å²) in [6.45, 7) is 7.74. The van der Waals surface area contributed by atoms with Gasteiger partial charge in [0.2, 0.25) is 0 Å². The van der Waals surface area contributed by atoms with Gasteiger partial charge in [0.15, 0.2) is 6.61 Å². The smallest absolute Gasteiger partial charge is 0.258 e. The number of carbonyl (C=O) groups is 1. The highest BCUT2D eigenvalue weighted by Gasteiger charge is 2.24. The van der Waals surface area contributed by atoms with E-state index >= 15 is 0 Å². The molecule has 1 aliphatic heterocycles. The molecule has 0 saturated carbocycles. The zero-order chi connectivity index (χ0) is 20.6. The lowest BCUT2D eigenvalue weighted by Gasteiger charge is -2.35. The van der Waals surface area contributed by atoms with Crippen LogP contribution in [0.5, 0.6) is 5.75 Å². The number of hydrogen-bond acceptors (Lipinski definition) is 4. The molecule has 1 amide bonds. The summed E-state index contributed by atoms with van der Waals surface area (Å²) in [5.74, 6) is 1.01. The van der Waals surface area contributed by atoms with Gasteiger partial charge in [0.1, 0.15) is 5.75 Å². The number of halogens is 1. The maximum absolute atomic E-state index is 12.4. The van der Waals surface area contributed by atoms with Gasteiger partial charge < -0.3 is 14.8 Å². The number of morpholine rings is 1. The van der Waals surface area contributed by atoms with Gasteiger partial charge in [0.25, 0.3) is 5.91 Å². The number of amides is 1. The second-order valence-electron chi connectivity index (χ2n) is 7.50. The van der Waals surface area contributed by atoms with E-state index < -0.39 is 0 Å². The fourth-order valence-electron chi connectivity index (χ4n) is 3.43. The van der Waals surface area contributed by atoms with E-state index in [0.717, 1.165) is 18.7 Å². The zero-order valence-electron chi connectivity index (χ0n) is 17.1. The summed E-state index contributed by atoms with van der Waals surface area (Å²) in [4.78, 5) is 14.7. The van der Waals surface area contributed by atoms with Crippen LogP contribution in [0, 0.1) is 0 Å². The third kappa shape index (κ3) is 6.20. The van der Waals surface area contributed by atoms with Crippen LogP contribution in [-0.2, 0) is 9.53 Å². The third-order valence-corrected chi connectivity index (χ3v) is 5.50. The zero-order valence-corrected chi connectivity index (χ0v) is 17.8. The normalized spacial score (nSPS) is 15.9. The number of hydrogen-bond donors (Lipinski definition) is 1. The average molecular weight is 417 g/mol. The molecule has 1 saturated heterocycles. The summed E-state index contributed by atoms with van der Waals surface area (Å²) in [5, 5.41) is 3.71. The van der Waals surface area contributed by atoms with Gasteiger partial charge >= 0.3 is 0 Å². The van der Waals surface area contributed by atoms with E-state index in [-0.39, 0.29) is 18.6 Å². The molecule has 156 valence electrons. The molecule has 3 rings (SSSR count). The Kier molecular flexibility index (Phi) is 7.92. The van der Waals surface area contributed by atoms with Crippen LogP contribution in [0.3, 0.4) is 0 Å². The van der Waals surface area contributed by atoms with Crippen LogP contribution in [0.25, 0.3) is 0 Å². The SMILES string of the molecule is CC(C)c1ccc(OCC(=O)NC[C@@H](c2ccccc2Cl)N2CCOCC2)cc1. The summed E-state index contributed by atoms with van der Waals surface area (Å²) in [5.41, 5.74) is 2.26. The molecule has 6 heteroatoms. The van der Waals surface area contributed by atoms with Crippen molar-refractivity contribution in [3.05, 3.63) is 64.7 Å². The lowest BCUT2D eigenvalue weighted by molar-refractivity contribution is -0.123. The molecule has 0 aromatic heterocycles. The molecule has 1 fully saturated rings. The molecule has 1 aliphatic rings. The first-order chi connectivity index (χ1) is 14.0. The molecule has 0 spiro atoms. The molecular weight excluding hydrogens is 388 g/mol. The molecular formula is C23H29ClN2O3. The van der Waals surface area contributed by atoms with E-state index in [1.54, 1.807) is 0 Å². The van der Waals surface area contributed by atoms with Crippen molar-refractivity contribution < 1.29 is 14.3 Å². The topological polar surface area (TPSA) is 50.8 Å². The Balaban J connectivity index is 1.57. The van der Waals surface area contributed by atoms with Crippen LogP contribution in [-0.4, -0.2) is 50.3 Å². The summed E-state index contributed by atoms with van der Waals surface area (Å²) in [7, 11) is 0. The molecule has 2 aromatic carbocycles. The number of benzene rings is 2. The lowest BCUT2D eigenvalue weighted by Crippen LogP contribution is -2.44. The quantitative estimate of drug-likeness (QED) is 0.705. The molecule has 0 bridgehead atoms. The largest absolute Gasteiger partial charge is 0.484 e. The molecule has 29 heavy (non-hydrogen) atoms. The number of nitrogens with zero attached hydrogens (tertiary/aromatic N) is 1. The Morgan fingerprint density at radius 2 is 1.83 bits per heavy atom. The van der Waals surface area contributed by atoms with Gasteiger partial charge in [-0.3, -0.25) is 9.69 Å². The highest BCUT2D eigenvalue weighted by molar-refractivity contribution is 6.31. The predicted octanol–water partition coefficient (Wildman–Crippen LogP) is 4.03. The van der Waals surface area contributed by atoms with Crippen LogP contribution >= 0.6 is 11.6 Å². The van der Waals surface area contributed by atoms with Gasteiger partial charge in [-0.25, -0.2) is 0 Å². The summed E-state index contributed by atoms with van der Waals surface area (Å²) in [6, 6.07) is 15.7. The molecule has 0 aliphatic carbocycles. The molecule has 1 heterocycles. The van der Waals surface area contributed by atoms with Gasteiger partial charge in [-0.15, -0.1) is 0 Å². The summed E-state index contributed by atoms with van der Waals surface area (Å²) in [6.07, 6.45) is 0. The Bertz CT molecular complexity index is 789. The first-order valence-corrected chi connectivity index (χ1v) is 10.5. The van der Waals surface area contributed by atoms with E-state index in [9.17, 15) is 4.79 Å². The first-order valence-electron chi connectivity index (χ1n) is 10.1. The number of nitrogens with one attached hydrogen (secondary N) is 1. The number of rotatable bonds is 8. The maximum atomic E-state index is 12.4. The fraction of sp³-hybridized carbons (Fsp3) is 0.435. The van der Waals surface area contributed by atoms with E-state index in [2.05, 4.69) is 24.1 Å². The molecule has 1 atom stereocenters. The van der Waals surface area contributed by atoms with Gasteiger partial charge in [-0.2, -0.15) is 0 Å². The molecule has 0 unspecified atom stereocenters. The number of ether oxygens (including phenoxy) is 2. The second kappa shape index (κ2) is 10.6. The highest BCUT2D eigenvalue weighted by Crippen LogP contribution is 2.27. The summed E-state index contributed by atoms with van der Waals surface area (Å²) >= 11 is 6.43. The molecule has 0 radical (unpaired) electrons. The predicted molar refractivity (Wildman–Crippen MR) is 116 cm³/mol. The Morgan fingerprint density at radius 3 is 2.48 bits per heavy atom. The van der Waals surface area contributed by atoms with E-state index in [0.29, 0.717) is 36.4 Å². The molecule has 5 nitrogen and oxygen atoms in total. The Morgan fingerprint density at radius 1 is 1.14 bits per heavy atom.